The average molecular weight is 506 g/mol. The Labute approximate surface area is 210 Å². The van der Waals surface area contributed by atoms with Crippen molar-refractivity contribution in [3.05, 3.63) is 59.2 Å². The highest BCUT2D eigenvalue weighted by Crippen LogP contribution is 2.45. The Kier molecular flexibility index (Phi) is 7.83. The fourth-order valence-corrected chi connectivity index (χ4v) is 5.70. The summed E-state index contributed by atoms with van der Waals surface area (Å²) in [4.78, 5) is 15.5. The number of carbonyl (C=O) groups is 1. The van der Waals surface area contributed by atoms with Crippen LogP contribution in [0.25, 0.3) is 0 Å². The molecule has 0 amide bonds. The Hall–Kier alpha value is -2.74. The second-order valence-electron chi connectivity index (χ2n) is 10.2. The number of hydrogen-bond donors (Lipinski definition) is 0. The van der Waals surface area contributed by atoms with Gasteiger partial charge in [0.15, 0.2) is 17.4 Å². The zero-order valence-electron chi connectivity index (χ0n) is 21.2. The molecule has 2 heterocycles. The number of carbonyl (C=O) groups excluding carboxylic acids is 1. The third-order valence-electron chi connectivity index (χ3n) is 7.30. The number of halogens is 3. The van der Waals surface area contributed by atoms with E-state index in [0.29, 0.717) is 30.4 Å². The van der Waals surface area contributed by atoms with Crippen LogP contribution in [0.1, 0.15) is 55.3 Å². The van der Waals surface area contributed by atoms with Crippen molar-refractivity contribution in [3.63, 3.8) is 0 Å². The quantitative estimate of drug-likeness (QED) is 0.437. The summed E-state index contributed by atoms with van der Waals surface area (Å²) in [6.45, 7) is 5.65. The van der Waals surface area contributed by atoms with E-state index in [9.17, 15) is 18.0 Å². The number of alkyl halides is 3. The van der Waals surface area contributed by atoms with Crippen molar-refractivity contribution < 1.29 is 32.2 Å². The molecule has 0 aromatic heterocycles. The summed E-state index contributed by atoms with van der Waals surface area (Å²) in [7, 11) is 3.17. The predicted octanol–water partition coefficient (Wildman–Crippen LogP) is 5.93. The van der Waals surface area contributed by atoms with Gasteiger partial charge in [0.1, 0.15) is 6.10 Å². The van der Waals surface area contributed by atoms with Gasteiger partial charge in [-0.05, 0) is 47.6 Å². The van der Waals surface area contributed by atoms with Gasteiger partial charge in [-0.3, -0.25) is 9.69 Å². The molecule has 0 radical (unpaired) electrons. The molecule has 2 aliphatic heterocycles. The molecular weight excluding hydrogens is 471 g/mol. The zero-order valence-corrected chi connectivity index (χ0v) is 21.2. The van der Waals surface area contributed by atoms with Crippen LogP contribution in [0, 0.1) is 11.8 Å². The van der Waals surface area contributed by atoms with Crippen LogP contribution in [0.4, 0.5) is 13.2 Å². The molecule has 0 unspecified atom stereocenters. The predicted molar refractivity (Wildman–Crippen MR) is 130 cm³/mol. The van der Waals surface area contributed by atoms with Crippen molar-refractivity contribution >= 4 is 5.97 Å². The molecule has 8 heteroatoms. The lowest BCUT2D eigenvalue weighted by molar-refractivity contribution is -0.190. The number of piperidine rings is 1. The fraction of sp³-hybridized carbons (Fsp3) is 0.536. The maximum atomic E-state index is 14.0. The van der Waals surface area contributed by atoms with Crippen LogP contribution in [0.3, 0.4) is 0 Å². The number of fused-ring (bicyclic) bond motifs is 3. The second kappa shape index (κ2) is 10.7. The molecule has 0 saturated carbocycles. The maximum Gasteiger partial charge on any atom is 0.406 e. The van der Waals surface area contributed by atoms with Gasteiger partial charge in [0.2, 0.25) is 0 Å². The molecule has 0 N–H and O–H groups in total. The number of benzene rings is 2. The van der Waals surface area contributed by atoms with Crippen LogP contribution >= 0.6 is 0 Å². The molecule has 36 heavy (non-hydrogen) atoms. The molecule has 0 bridgehead atoms. The smallest absolute Gasteiger partial charge is 0.406 e. The highest BCUT2D eigenvalue weighted by Gasteiger charge is 2.49. The van der Waals surface area contributed by atoms with E-state index in [0.717, 1.165) is 30.5 Å². The SMILES string of the molecule is COc1cc2c(cc1OC)[C@H]1C[C@@H](OC(=O)[C@@H](c3ccccc3)C(F)(F)F)[C@@H](CC(C)C)CN1CC2. The molecule has 2 aromatic rings. The first-order valence-electron chi connectivity index (χ1n) is 12.4. The molecule has 0 aliphatic carbocycles. The molecule has 0 spiro atoms. The Morgan fingerprint density at radius 3 is 2.36 bits per heavy atom. The largest absolute Gasteiger partial charge is 0.493 e. The summed E-state index contributed by atoms with van der Waals surface area (Å²) < 4.78 is 58.8. The second-order valence-corrected chi connectivity index (χ2v) is 10.2. The van der Waals surface area contributed by atoms with Crippen LogP contribution in [-0.4, -0.2) is 50.5 Å². The van der Waals surface area contributed by atoms with Gasteiger partial charge < -0.3 is 14.2 Å². The summed E-state index contributed by atoms with van der Waals surface area (Å²) in [5.41, 5.74) is 2.07. The Morgan fingerprint density at radius 1 is 1.08 bits per heavy atom. The van der Waals surface area contributed by atoms with Crippen molar-refractivity contribution in [1.82, 2.24) is 4.90 Å². The number of esters is 1. The number of nitrogens with zero attached hydrogens (tertiary/aromatic N) is 1. The van der Waals surface area contributed by atoms with Crippen LogP contribution in [0.15, 0.2) is 42.5 Å². The van der Waals surface area contributed by atoms with E-state index < -0.39 is 24.2 Å². The molecule has 2 aliphatic rings. The van der Waals surface area contributed by atoms with E-state index in [4.69, 9.17) is 14.2 Å². The van der Waals surface area contributed by atoms with E-state index in [1.807, 2.05) is 12.1 Å². The lowest BCUT2D eigenvalue weighted by atomic mass is 9.79. The van der Waals surface area contributed by atoms with Crippen molar-refractivity contribution in [2.75, 3.05) is 27.3 Å². The monoisotopic (exact) mass is 505 g/mol. The fourth-order valence-electron chi connectivity index (χ4n) is 5.70. The van der Waals surface area contributed by atoms with Crippen molar-refractivity contribution in [3.8, 4) is 11.5 Å². The van der Waals surface area contributed by atoms with E-state index in [-0.39, 0.29) is 17.5 Å². The average Bonchev–Trinajstić information content (AvgIpc) is 2.83. The highest BCUT2D eigenvalue weighted by molar-refractivity contribution is 5.79. The Bertz CT molecular complexity index is 1060. The lowest BCUT2D eigenvalue weighted by Crippen LogP contribution is -2.50. The van der Waals surface area contributed by atoms with Gasteiger partial charge in [-0.1, -0.05) is 44.2 Å². The van der Waals surface area contributed by atoms with Gasteiger partial charge in [0.25, 0.3) is 0 Å². The number of rotatable bonds is 7. The van der Waals surface area contributed by atoms with Crippen LogP contribution in [-0.2, 0) is 16.0 Å². The Morgan fingerprint density at radius 2 is 1.75 bits per heavy atom. The molecule has 2 aromatic carbocycles. The molecule has 1 saturated heterocycles. The van der Waals surface area contributed by atoms with Crippen molar-refractivity contribution in [2.45, 2.75) is 57.3 Å². The molecule has 196 valence electrons. The standard InChI is InChI=1S/C28H34F3NO4/c1-17(2)12-20-16-32-11-10-19-13-24(34-3)25(35-4)14-21(19)22(32)15-23(20)36-27(33)26(28(29,30)31)18-8-6-5-7-9-18/h5-9,13-14,17,20,22-23,26H,10-12,15-16H2,1-4H3/t20-,22+,23+,26+/m0/s1. The van der Waals surface area contributed by atoms with E-state index in [1.165, 1.54) is 24.3 Å². The minimum Gasteiger partial charge on any atom is -0.493 e. The third kappa shape index (κ3) is 5.48. The van der Waals surface area contributed by atoms with Crippen molar-refractivity contribution in [2.24, 2.45) is 11.8 Å². The topological polar surface area (TPSA) is 48.0 Å². The zero-order chi connectivity index (χ0) is 26.0. The summed E-state index contributed by atoms with van der Waals surface area (Å²) >= 11 is 0. The van der Waals surface area contributed by atoms with Gasteiger partial charge >= 0.3 is 12.1 Å². The lowest BCUT2D eigenvalue weighted by Gasteiger charge is -2.47. The summed E-state index contributed by atoms with van der Waals surface area (Å²) in [6.07, 6.45) is -3.32. The van der Waals surface area contributed by atoms with Gasteiger partial charge in [-0.25, -0.2) is 0 Å². The van der Waals surface area contributed by atoms with Gasteiger partial charge in [0.05, 0.1) is 14.2 Å². The molecular formula is C28H34F3NO4. The maximum absolute atomic E-state index is 14.0. The van der Waals surface area contributed by atoms with Crippen molar-refractivity contribution in [1.29, 1.82) is 0 Å². The first kappa shape index (κ1) is 26.3. The van der Waals surface area contributed by atoms with Gasteiger partial charge in [-0.2, -0.15) is 13.2 Å². The minimum absolute atomic E-state index is 0.0449. The normalized spacial score (nSPS) is 22.9. The first-order chi connectivity index (χ1) is 17.1. The first-order valence-corrected chi connectivity index (χ1v) is 12.4. The molecule has 4 atom stereocenters. The van der Waals surface area contributed by atoms with E-state index in [2.05, 4.69) is 18.7 Å². The number of hydrogen-bond acceptors (Lipinski definition) is 5. The van der Waals surface area contributed by atoms with Crippen LogP contribution < -0.4 is 9.47 Å². The third-order valence-corrected chi connectivity index (χ3v) is 7.30. The van der Waals surface area contributed by atoms with Crippen LogP contribution in [0.5, 0.6) is 11.5 Å². The van der Waals surface area contributed by atoms with E-state index in [1.54, 1.807) is 20.3 Å². The van der Waals surface area contributed by atoms with Crippen LogP contribution in [0.2, 0.25) is 0 Å². The van der Waals surface area contributed by atoms with E-state index >= 15 is 0 Å². The number of ether oxygens (including phenoxy) is 3. The Balaban J connectivity index is 1.64. The molecule has 1 fully saturated rings. The van der Waals surface area contributed by atoms with Gasteiger partial charge in [-0.15, -0.1) is 0 Å². The summed E-state index contributed by atoms with van der Waals surface area (Å²) in [5, 5.41) is 0. The molecule has 4 rings (SSSR count). The summed E-state index contributed by atoms with van der Waals surface area (Å²) in [6, 6.07) is 11.1. The van der Waals surface area contributed by atoms with Gasteiger partial charge in [0, 0.05) is 31.5 Å². The highest BCUT2D eigenvalue weighted by atomic mass is 19.4. The minimum atomic E-state index is -4.74. The number of methoxy groups -OCH3 is 2. The molecule has 5 nitrogen and oxygen atoms in total. The summed E-state index contributed by atoms with van der Waals surface area (Å²) in [5.74, 6) is -2.00.